The monoisotopic (exact) mass is 1610 g/mol. The number of aromatic nitrogens is 8. The second kappa shape index (κ2) is 33.8. The zero-order chi connectivity index (χ0) is 80.7. The fourth-order valence-corrected chi connectivity index (χ4v) is 13.2. The Morgan fingerprint density at radius 1 is 0.207 bits per heavy atom. The fraction of sp³-hybridized carbons (Fsp3) is 0.237. The third-order valence-electron chi connectivity index (χ3n) is 19.9. The summed E-state index contributed by atoms with van der Waals surface area (Å²) in [6.45, 7) is 27.6. The van der Waals surface area contributed by atoms with E-state index in [1.54, 1.807) is 0 Å². The molecule has 0 bridgehead atoms. The first kappa shape index (κ1) is 78.5. The minimum absolute atomic E-state index is 0.0249. The number of ether oxygens (including phenoxy) is 6. The van der Waals surface area contributed by atoms with Crippen molar-refractivity contribution in [1.82, 2.24) is 40.8 Å². The van der Waals surface area contributed by atoms with Crippen LogP contribution in [0.2, 0.25) is 0 Å². The molecule has 0 N–H and O–H groups in total. The Labute approximate surface area is 684 Å². The van der Waals surface area contributed by atoms with Gasteiger partial charge in [-0.25, -0.2) is 0 Å². The molecule has 0 fully saturated rings. The Hall–Kier alpha value is -12.7. The van der Waals surface area contributed by atoms with E-state index in [0.717, 1.165) is 83.5 Å². The van der Waals surface area contributed by atoms with Crippen LogP contribution in [0.3, 0.4) is 0 Å². The van der Waals surface area contributed by atoms with Gasteiger partial charge in [-0.05, 0) is 216 Å². The van der Waals surface area contributed by atoms with Crippen LogP contribution in [0.4, 0.5) is 0 Å². The molecule has 0 amide bonds. The van der Waals surface area contributed by atoms with Crippen molar-refractivity contribution in [3.05, 3.63) is 310 Å². The number of rotatable bonds is 27. The third kappa shape index (κ3) is 19.7. The van der Waals surface area contributed by atoms with E-state index in [0.29, 0.717) is 87.0 Å². The molecule has 4 heterocycles. The van der Waals surface area contributed by atoms with Crippen molar-refractivity contribution in [3.63, 3.8) is 0 Å². The van der Waals surface area contributed by atoms with E-state index < -0.39 is 0 Å². The SMILES string of the molecule is CC(C)(C)c1ccc(-c2nnc(-c3ccc(COc4cc(COc5cc(CBr)cc(OCc6cc(OCc7ccc(-c8nnc(-c9ccc(C(C)(C)C)cc9)o8)cc7)cc(OCc7ccc(-c8nnc(-c9ccc(C(C)(C)C)cc9)o8)cc7)c6)c5)cc(OCc5ccc(-c6nnc(-c7ccc(C(C)(C)C)cc7)o6)cc5)c4)cc3)o2)cc1. The predicted octanol–water partition coefficient (Wildman–Crippen LogP) is 24.1. The normalized spacial score (nSPS) is 11.9. The highest BCUT2D eigenvalue weighted by atomic mass is 79.9. The quantitative estimate of drug-likeness (QED) is 0.0438. The van der Waals surface area contributed by atoms with Gasteiger partial charge in [0, 0.05) is 68.0 Å². The molecule has 0 saturated carbocycles. The first-order valence-corrected chi connectivity index (χ1v) is 39.8. The molecule has 11 aromatic carbocycles. The zero-order valence-corrected chi connectivity index (χ0v) is 68.7. The number of hydrogen-bond acceptors (Lipinski definition) is 18. The smallest absolute Gasteiger partial charge is 0.248 e. The summed E-state index contributed by atoms with van der Waals surface area (Å²) in [5.41, 5.74) is 17.9. The predicted molar refractivity (Wildman–Crippen MR) is 453 cm³/mol. The Bertz CT molecular complexity index is 5150. The molecule has 15 aromatic rings. The molecular formula is C97H91BrN8O10. The molecule has 18 nitrogen and oxygen atoms in total. The van der Waals surface area contributed by atoms with Crippen molar-refractivity contribution >= 4 is 15.9 Å². The molecule has 0 atom stereocenters. The van der Waals surface area contributed by atoms with Crippen molar-refractivity contribution in [2.24, 2.45) is 0 Å². The second-order valence-corrected chi connectivity index (χ2v) is 33.6. The van der Waals surface area contributed by atoms with E-state index in [1.807, 2.05) is 200 Å². The minimum atomic E-state index is 0.0249. The number of hydrogen-bond donors (Lipinski definition) is 0. The van der Waals surface area contributed by atoms with Gasteiger partial charge in [-0.1, -0.05) is 196 Å². The summed E-state index contributed by atoms with van der Waals surface area (Å²) >= 11 is 3.71. The number of benzene rings is 11. The molecule has 586 valence electrons. The molecular weight excluding hydrogens is 1520 g/mol. The molecule has 0 spiro atoms. The van der Waals surface area contributed by atoms with Crippen molar-refractivity contribution in [3.8, 4) is 126 Å². The van der Waals surface area contributed by atoms with Gasteiger partial charge in [0.2, 0.25) is 47.1 Å². The maximum atomic E-state index is 6.67. The molecule has 0 radical (unpaired) electrons. The van der Waals surface area contributed by atoms with Crippen LogP contribution < -0.4 is 28.4 Å². The maximum absolute atomic E-state index is 6.67. The van der Waals surface area contributed by atoms with Gasteiger partial charge < -0.3 is 46.1 Å². The minimum Gasteiger partial charge on any atom is -0.489 e. The first-order chi connectivity index (χ1) is 55.8. The van der Waals surface area contributed by atoms with E-state index in [1.165, 1.54) is 22.3 Å². The Balaban J connectivity index is 0.639. The van der Waals surface area contributed by atoms with Crippen LogP contribution in [0.1, 0.15) is 144 Å². The van der Waals surface area contributed by atoms with Gasteiger partial charge in [0.05, 0.1) is 0 Å². The van der Waals surface area contributed by atoms with Gasteiger partial charge in [0.1, 0.15) is 74.1 Å². The van der Waals surface area contributed by atoms with E-state index in [-0.39, 0.29) is 61.3 Å². The lowest BCUT2D eigenvalue weighted by molar-refractivity contribution is 0.276. The van der Waals surface area contributed by atoms with Crippen molar-refractivity contribution in [2.45, 2.75) is 150 Å². The molecule has 0 unspecified atom stereocenters. The van der Waals surface area contributed by atoms with Crippen LogP contribution in [0.25, 0.3) is 91.6 Å². The van der Waals surface area contributed by atoms with Crippen LogP contribution in [0.5, 0.6) is 34.5 Å². The van der Waals surface area contributed by atoms with Crippen LogP contribution in [-0.2, 0) is 66.6 Å². The van der Waals surface area contributed by atoms with Crippen LogP contribution in [0, 0.1) is 0 Å². The second-order valence-electron chi connectivity index (χ2n) is 33.1. The van der Waals surface area contributed by atoms with Crippen molar-refractivity contribution < 1.29 is 46.1 Å². The Kier molecular flexibility index (Phi) is 22.8. The summed E-state index contributed by atoms with van der Waals surface area (Å²) in [7, 11) is 0. The summed E-state index contributed by atoms with van der Waals surface area (Å²) in [6.07, 6.45) is 0. The number of halogens is 1. The topological polar surface area (TPSA) is 211 Å². The van der Waals surface area contributed by atoms with Gasteiger partial charge in [0.25, 0.3) is 0 Å². The summed E-state index contributed by atoms with van der Waals surface area (Å²) in [4.78, 5) is 0. The fourth-order valence-electron chi connectivity index (χ4n) is 12.9. The third-order valence-corrected chi connectivity index (χ3v) is 20.5. The van der Waals surface area contributed by atoms with Gasteiger partial charge in [0.15, 0.2) is 0 Å². The largest absolute Gasteiger partial charge is 0.489 e. The number of nitrogens with zero attached hydrogens (tertiary/aromatic N) is 8. The van der Waals surface area contributed by atoms with Crippen LogP contribution in [-0.4, -0.2) is 40.8 Å². The lowest BCUT2D eigenvalue weighted by Crippen LogP contribution is -2.10. The molecule has 4 aromatic heterocycles. The van der Waals surface area contributed by atoms with E-state index in [9.17, 15) is 0 Å². The molecule has 0 aliphatic heterocycles. The average molecular weight is 1610 g/mol. The van der Waals surface area contributed by atoms with E-state index in [4.69, 9.17) is 46.1 Å². The molecule has 15 rings (SSSR count). The van der Waals surface area contributed by atoms with Gasteiger partial charge >= 0.3 is 0 Å². The lowest BCUT2D eigenvalue weighted by Gasteiger charge is -2.18. The van der Waals surface area contributed by atoms with Gasteiger partial charge in [-0.15, -0.1) is 40.8 Å². The van der Waals surface area contributed by atoms with Gasteiger partial charge in [-0.3, -0.25) is 0 Å². The molecule has 0 aliphatic carbocycles. The van der Waals surface area contributed by atoms with E-state index in [2.05, 4.69) is 188 Å². The maximum Gasteiger partial charge on any atom is 0.248 e. The van der Waals surface area contributed by atoms with Crippen LogP contribution >= 0.6 is 15.9 Å². The lowest BCUT2D eigenvalue weighted by atomic mass is 9.87. The zero-order valence-electron chi connectivity index (χ0n) is 67.2. The summed E-state index contributed by atoms with van der Waals surface area (Å²) in [6, 6.07) is 82.1. The highest BCUT2D eigenvalue weighted by Crippen LogP contribution is 2.37. The highest BCUT2D eigenvalue weighted by Gasteiger charge is 2.23. The Morgan fingerprint density at radius 3 is 0.526 bits per heavy atom. The molecule has 0 aliphatic rings. The van der Waals surface area contributed by atoms with Crippen molar-refractivity contribution in [1.29, 1.82) is 0 Å². The number of alkyl halides is 1. The molecule has 0 saturated heterocycles. The molecule has 116 heavy (non-hydrogen) atoms. The van der Waals surface area contributed by atoms with Gasteiger partial charge in [-0.2, -0.15) is 0 Å². The molecule has 19 heteroatoms. The summed E-state index contributed by atoms with van der Waals surface area (Å²) in [5, 5.41) is 35.6. The average Bonchev–Trinajstić information content (AvgIpc) is 1.72. The summed E-state index contributed by atoms with van der Waals surface area (Å²) in [5.74, 6) is 7.06. The summed E-state index contributed by atoms with van der Waals surface area (Å²) < 4.78 is 64.3. The first-order valence-electron chi connectivity index (χ1n) is 38.7. The Morgan fingerprint density at radius 2 is 0.362 bits per heavy atom. The highest BCUT2D eigenvalue weighted by molar-refractivity contribution is 9.08. The standard InChI is InChI=1S/C97H91BrN8O10/c1-94(2,3)76-37-29-72(30-38-76)90-103-99-86(113-90)68-21-13-61(14-22-68)55-107-82-47-66(48-83(52-82)108-56-62-15-23-69(24-16-62)87-100-104-91(114-87)73-31-39-77(40-32-73)95(4,5)6)59-111-80-45-65(54-98)46-81(51-80)112-60-67-49-84(109-57-63-17-25-70(26-18-63)88-101-105-92(115-88)74-33-41-78(42-34-74)96(7,8)9)53-85(50-67)110-58-64-19-27-71(28-20-64)89-102-106-93(116-89)75-35-43-79(44-36-75)97(10,11)12/h13-53H,54-60H2,1-12H3. The van der Waals surface area contributed by atoms with Crippen molar-refractivity contribution in [2.75, 3.05) is 0 Å². The van der Waals surface area contributed by atoms with Crippen LogP contribution in [0.15, 0.2) is 266 Å². The van der Waals surface area contributed by atoms with E-state index >= 15 is 0 Å².